The Morgan fingerprint density at radius 2 is 2.10 bits per heavy atom. The van der Waals surface area contributed by atoms with Gasteiger partial charge < -0.3 is 9.88 Å². The second-order valence-electron chi connectivity index (χ2n) is 4.62. The van der Waals surface area contributed by atoms with Crippen molar-refractivity contribution < 1.29 is 0 Å². The highest BCUT2D eigenvalue weighted by atomic mass is 32.1. The van der Waals surface area contributed by atoms with Crippen molar-refractivity contribution >= 4 is 23.0 Å². The van der Waals surface area contributed by atoms with Crippen molar-refractivity contribution in [2.45, 2.75) is 19.9 Å². The van der Waals surface area contributed by atoms with Gasteiger partial charge >= 0.3 is 0 Å². The van der Waals surface area contributed by atoms with Crippen molar-refractivity contribution in [3.63, 3.8) is 0 Å². The zero-order valence-electron chi connectivity index (χ0n) is 11.3. The van der Waals surface area contributed by atoms with Crippen LogP contribution in [-0.4, -0.2) is 14.5 Å². The minimum atomic E-state index is 0.875. The van der Waals surface area contributed by atoms with Gasteiger partial charge in [-0.15, -0.1) is 11.3 Å². The highest BCUT2D eigenvalue weighted by Crippen LogP contribution is 2.16. The number of hydrogen-bond donors (Lipinski definition) is 1. The molecule has 0 aliphatic carbocycles. The molecule has 20 heavy (non-hydrogen) atoms. The average Bonchev–Trinajstić information content (AvgIpc) is 3.07. The fourth-order valence-electron chi connectivity index (χ4n) is 2.06. The first-order valence-electron chi connectivity index (χ1n) is 6.54. The van der Waals surface area contributed by atoms with Crippen LogP contribution in [0.4, 0.5) is 11.6 Å². The SMILES string of the molecule is Cc1cn(CCc2cscn2)c(Nc2ccccc2)n1. The topological polar surface area (TPSA) is 42.7 Å². The molecular formula is C15H16N4S. The Labute approximate surface area is 122 Å². The van der Waals surface area contributed by atoms with Gasteiger partial charge in [-0.1, -0.05) is 18.2 Å². The number of rotatable bonds is 5. The van der Waals surface area contributed by atoms with Gasteiger partial charge in [0.25, 0.3) is 0 Å². The number of thiazole rings is 1. The summed E-state index contributed by atoms with van der Waals surface area (Å²) in [5.41, 5.74) is 5.07. The fraction of sp³-hybridized carbons (Fsp3) is 0.200. The van der Waals surface area contributed by atoms with Gasteiger partial charge in [0.05, 0.1) is 16.9 Å². The summed E-state index contributed by atoms with van der Waals surface area (Å²) in [6.07, 6.45) is 2.99. The molecule has 0 aliphatic rings. The zero-order valence-corrected chi connectivity index (χ0v) is 12.1. The van der Waals surface area contributed by atoms with Crippen LogP contribution in [0.3, 0.4) is 0 Å². The maximum Gasteiger partial charge on any atom is 0.207 e. The maximum absolute atomic E-state index is 4.54. The number of para-hydroxylation sites is 1. The van der Waals surface area contributed by atoms with E-state index in [1.54, 1.807) is 11.3 Å². The summed E-state index contributed by atoms with van der Waals surface area (Å²) in [4.78, 5) is 8.86. The third kappa shape index (κ3) is 3.05. The summed E-state index contributed by atoms with van der Waals surface area (Å²) >= 11 is 1.64. The van der Waals surface area contributed by atoms with E-state index in [4.69, 9.17) is 0 Å². The van der Waals surface area contributed by atoms with E-state index in [0.29, 0.717) is 0 Å². The highest BCUT2D eigenvalue weighted by molar-refractivity contribution is 7.07. The van der Waals surface area contributed by atoms with Crippen LogP contribution in [0.2, 0.25) is 0 Å². The van der Waals surface area contributed by atoms with E-state index in [1.807, 2.05) is 42.8 Å². The molecule has 0 amide bonds. The number of aromatic nitrogens is 3. The Kier molecular flexibility index (Phi) is 3.78. The average molecular weight is 284 g/mol. The van der Waals surface area contributed by atoms with E-state index >= 15 is 0 Å². The van der Waals surface area contributed by atoms with Crippen LogP contribution in [0, 0.1) is 6.92 Å². The lowest BCUT2D eigenvalue weighted by Gasteiger charge is -2.09. The summed E-state index contributed by atoms with van der Waals surface area (Å²) < 4.78 is 2.14. The summed E-state index contributed by atoms with van der Waals surface area (Å²) in [5.74, 6) is 0.879. The Balaban J connectivity index is 1.74. The van der Waals surface area contributed by atoms with Gasteiger partial charge in [0, 0.05) is 30.2 Å². The van der Waals surface area contributed by atoms with Crippen LogP contribution in [0.25, 0.3) is 0 Å². The summed E-state index contributed by atoms with van der Waals surface area (Å²) in [7, 11) is 0. The Hall–Kier alpha value is -2.14. The minimum Gasteiger partial charge on any atom is -0.326 e. The lowest BCUT2D eigenvalue weighted by molar-refractivity contribution is 0.695. The zero-order chi connectivity index (χ0) is 13.8. The molecule has 0 bridgehead atoms. The minimum absolute atomic E-state index is 0.875. The van der Waals surface area contributed by atoms with Crippen LogP contribution in [0.5, 0.6) is 0 Å². The summed E-state index contributed by atoms with van der Waals surface area (Å²) in [5, 5.41) is 5.45. The highest BCUT2D eigenvalue weighted by Gasteiger charge is 2.06. The van der Waals surface area contributed by atoms with Crippen molar-refractivity contribution in [2.24, 2.45) is 0 Å². The first kappa shape index (κ1) is 12.9. The largest absolute Gasteiger partial charge is 0.326 e. The first-order valence-corrected chi connectivity index (χ1v) is 7.48. The molecule has 2 aromatic heterocycles. The van der Waals surface area contributed by atoms with Gasteiger partial charge in [0.15, 0.2) is 0 Å². The van der Waals surface area contributed by atoms with E-state index < -0.39 is 0 Å². The molecule has 3 aromatic rings. The fourth-order valence-corrected chi connectivity index (χ4v) is 2.66. The number of hydrogen-bond acceptors (Lipinski definition) is 4. The molecule has 0 saturated heterocycles. The number of anilines is 2. The van der Waals surface area contributed by atoms with Crippen LogP contribution in [-0.2, 0) is 13.0 Å². The van der Waals surface area contributed by atoms with Gasteiger partial charge in [-0.05, 0) is 19.1 Å². The Bertz CT molecular complexity index is 659. The van der Waals surface area contributed by atoms with Crippen LogP contribution in [0.15, 0.2) is 47.4 Å². The molecule has 1 aromatic carbocycles. The van der Waals surface area contributed by atoms with Crippen LogP contribution < -0.4 is 5.32 Å². The Morgan fingerprint density at radius 1 is 1.25 bits per heavy atom. The third-order valence-corrected chi connectivity index (χ3v) is 3.65. The lowest BCUT2D eigenvalue weighted by Crippen LogP contribution is -2.05. The van der Waals surface area contributed by atoms with Crippen molar-refractivity contribution in [1.29, 1.82) is 0 Å². The van der Waals surface area contributed by atoms with Crippen molar-refractivity contribution in [2.75, 3.05) is 5.32 Å². The summed E-state index contributed by atoms with van der Waals surface area (Å²) in [6.45, 7) is 2.88. The van der Waals surface area contributed by atoms with E-state index in [9.17, 15) is 0 Å². The molecule has 0 radical (unpaired) electrons. The van der Waals surface area contributed by atoms with Gasteiger partial charge in [-0.25, -0.2) is 9.97 Å². The second kappa shape index (κ2) is 5.88. The van der Waals surface area contributed by atoms with Gasteiger partial charge in [-0.3, -0.25) is 0 Å². The molecule has 0 aliphatic heterocycles. The molecule has 0 unspecified atom stereocenters. The van der Waals surface area contributed by atoms with E-state index in [2.05, 4.69) is 31.4 Å². The molecule has 0 fully saturated rings. The smallest absolute Gasteiger partial charge is 0.207 e. The predicted molar refractivity (Wildman–Crippen MR) is 82.5 cm³/mol. The van der Waals surface area contributed by atoms with Gasteiger partial charge in [0.1, 0.15) is 0 Å². The van der Waals surface area contributed by atoms with Crippen LogP contribution >= 0.6 is 11.3 Å². The molecule has 102 valence electrons. The number of nitrogens with zero attached hydrogens (tertiary/aromatic N) is 3. The monoisotopic (exact) mass is 284 g/mol. The van der Waals surface area contributed by atoms with Crippen molar-refractivity contribution in [1.82, 2.24) is 14.5 Å². The number of imidazole rings is 1. The first-order chi connectivity index (χ1) is 9.81. The lowest BCUT2D eigenvalue weighted by atomic mass is 10.3. The Morgan fingerprint density at radius 3 is 2.85 bits per heavy atom. The van der Waals surface area contributed by atoms with Gasteiger partial charge in [0.2, 0.25) is 5.95 Å². The number of aryl methyl sites for hydroxylation is 3. The second-order valence-corrected chi connectivity index (χ2v) is 5.34. The number of benzene rings is 1. The number of nitrogens with one attached hydrogen (secondary N) is 1. The maximum atomic E-state index is 4.54. The van der Waals surface area contributed by atoms with Crippen LogP contribution in [0.1, 0.15) is 11.4 Å². The molecule has 2 heterocycles. The molecule has 0 spiro atoms. The molecule has 5 heteroatoms. The molecule has 0 atom stereocenters. The normalized spacial score (nSPS) is 10.7. The van der Waals surface area contributed by atoms with E-state index in [1.165, 1.54) is 0 Å². The van der Waals surface area contributed by atoms with Gasteiger partial charge in [-0.2, -0.15) is 0 Å². The molecule has 3 rings (SSSR count). The predicted octanol–water partition coefficient (Wildman–Crippen LogP) is 3.63. The summed E-state index contributed by atoms with van der Waals surface area (Å²) in [6, 6.07) is 10.1. The van der Waals surface area contributed by atoms with Crippen molar-refractivity contribution in [3.8, 4) is 0 Å². The van der Waals surface area contributed by atoms with E-state index in [0.717, 1.165) is 36.0 Å². The van der Waals surface area contributed by atoms with E-state index in [-0.39, 0.29) is 0 Å². The molecule has 0 saturated carbocycles. The standard InChI is InChI=1S/C15H16N4S/c1-12-9-19(8-7-14-10-20-11-16-14)15(17-12)18-13-5-3-2-4-6-13/h2-6,9-11H,7-8H2,1H3,(H,17,18). The molecular weight excluding hydrogens is 268 g/mol. The quantitative estimate of drug-likeness (QED) is 0.778. The molecule has 1 N–H and O–H groups in total. The third-order valence-electron chi connectivity index (χ3n) is 3.02. The molecule has 4 nitrogen and oxygen atoms in total. The van der Waals surface area contributed by atoms with Crippen molar-refractivity contribution in [3.05, 3.63) is 58.8 Å².